The number of alkyl halides is 3. The number of hydrogen-bond acceptors (Lipinski definition) is 3. The highest BCUT2D eigenvalue weighted by atomic mass is 19.4. The molecule has 1 aromatic heterocycles. The molecule has 0 atom stereocenters. The molecule has 3 rings (SSSR count). The lowest BCUT2D eigenvalue weighted by atomic mass is 10.2. The molecule has 130 valence electrons. The Labute approximate surface area is 139 Å². The number of aromatic hydroxyl groups is 1. The Kier molecular flexibility index (Phi) is 3.99. The quantitative estimate of drug-likeness (QED) is 0.674. The third-order valence-electron chi connectivity index (χ3n) is 3.59. The summed E-state index contributed by atoms with van der Waals surface area (Å²) < 4.78 is 39.5. The Balaban J connectivity index is 2.08. The van der Waals surface area contributed by atoms with Gasteiger partial charge in [0.05, 0.1) is 29.0 Å². The van der Waals surface area contributed by atoms with Crippen LogP contribution in [0.25, 0.3) is 16.6 Å². The average molecular weight is 351 g/mol. The zero-order chi connectivity index (χ0) is 18.2. The lowest BCUT2D eigenvalue weighted by Gasteiger charge is -2.08. The summed E-state index contributed by atoms with van der Waals surface area (Å²) in [5.41, 5.74) is 0.469. The van der Waals surface area contributed by atoms with Crippen molar-refractivity contribution in [3.05, 3.63) is 53.7 Å². The van der Waals surface area contributed by atoms with Crippen LogP contribution in [0.1, 0.15) is 11.3 Å². The summed E-state index contributed by atoms with van der Waals surface area (Å²) in [6, 6.07) is 8.82. The van der Waals surface area contributed by atoms with Crippen LogP contribution in [-0.2, 0) is 12.7 Å². The summed E-state index contributed by atoms with van der Waals surface area (Å²) in [6.07, 6.45) is -5.68. The highest BCUT2D eigenvalue weighted by molar-refractivity contribution is 5.85. The minimum absolute atomic E-state index is 0.0314. The second kappa shape index (κ2) is 6.00. The Hall–Kier alpha value is -3.23. The molecule has 0 saturated carbocycles. The molecule has 9 heteroatoms. The van der Waals surface area contributed by atoms with Gasteiger partial charge in [-0.2, -0.15) is 18.3 Å². The van der Waals surface area contributed by atoms with Gasteiger partial charge in [-0.05, 0) is 42.5 Å². The summed E-state index contributed by atoms with van der Waals surface area (Å²) in [5.74, 6) is -0.0314. The molecule has 0 bridgehead atoms. The molecule has 0 aliphatic rings. The predicted molar refractivity (Wildman–Crippen MR) is 82.6 cm³/mol. The van der Waals surface area contributed by atoms with Crippen molar-refractivity contribution in [2.75, 3.05) is 0 Å². The molecule has 0 aliphatic carbocycles. The van der Waals surface area contributed by atoms with Crippen LogP contribution in [-0.4, -0.2) is 26.1 Å². The van der Waals surface area contributed by atoms with Crippen LogP contribution in [0.15, 0.2) is 42.5 Å². The Morgan fingerprint density at radius 1 is 1.16 bits per heavy atom. The average Bonchev–Trinajstić information content (AvgIpc) is 2.90. The normalized spacial score (nSPS) is 11.6. The lowest BCUT2D eigenvalue weighted by molar-refractivity contribution is -0.137. The fraction of sp³-hybridized carbons (Fsp3) is 0.125. The van der Waals surface area contributed by atoms with E-state index in [2.05, 4.69) is 10.4 Å². The number of phenolic OH excluding ortho intramolecular Hbond substituents is 1. The third kappa shape index (κ3) is 3.35. The zero-order valence-electron chi connectivity index (χ0n) is 12.6. The van der Waals surface area contributed by atoms with Gasteiger partial charge in [0.2, 0.25) is 0 Å². The Morgan fingerprint density at radius 2 is 1.84 bits per heavy atom. The number of phenols is 1. The molecule has 0 unspecified atom stereocenters. The van der Waals surface area contributed by atoms with Crippen LogP contribution in [0, 0.1) is 0 Å². The van der Waals surface area contributed by atoms with Gasteiger partial charge in [-0.1, -0.05) is 0 Å². The van der Waals surface area contributed by atoms with Crippen LogP contribution >= 0.6 is 0 Å². The maximum absolute atomic E-state index is 12.7. The number of benzene rings is 2. The van der Waals surface area contributed by atoms with Gasteiger partial charge in [-0.15, -0.1) is 0 Å². The van der Waals surface area contributed by atoms with Crippen molar-refractivity contribution in [3.8, 4) is 11.4 Å². The monoisotopic (exact) mass is 351 g/mol. The molecule has 0 aliphatic heterocycles. The number of nitrogens with zero attached hydrogens (tertiary/aromatic N) is 2. The van der Waals surface area contributed by atoms with Crippen molar-refractivity contribution in [1.82, 2.24) is 15.1 Å². The van der Waals surface area contributed by atoms with E-state index >= 15 is 0 Å². The van der Waals surface area contributed by atoms with Gasteiger partial charge in [0, 0.05) is 5.39 Å². The largest absolute Gasteiger partial charge is 0.508 e. The van der Waals surface area contributed by atoms with Gasteiger partial charge in [0.15, 0.2) is 0 Å². The molecule has 3 aromatic rings. The second-order valence-corrected chi connectivity index (χ2v) is 5.26. The fourth-order valence-corrected chi connectivity index (χ4v) is 2.45. The molecule has 0 radical (unpaired) electrons. The number of carbonyl (C=O) groups is 1. The molecule has 0 fully saturated rings. The maximum Gasteiger partial charge on any atom is 0.416 e. The molecule has 1 heterocycles. The maximum atomic E-state index is 12.7. The van der Waals surface area contributed by atoms with E-state index in [1.165, 1.54) is 28.9 Å². The molecule has 1 amide bonds. The standard InChI is InChI=1S/C16H12F3N3O3/c17-16(18,19)9-1-3-10(4-2-9)22-14-6-5-11(23)7-12(14)13(21-22)8-20-15(24)25/h1-7,20,23H,8H2,(H,24,25). The smallest absolute Gasteiger partial charge is 0.416 e. The van der Waals surface area contributed by atoms with E-state index in [4.69, 9.17) is 5.11 Å². The van der Waals surface area contributed by atoms with Gasteiger partial charge in [0.1, 0.15) is 5.75 Å². The highest BCUT2D eigenvalue weighted by Gasteiger charge is 2.30. The molecule has 0 saturated heterocycles. The van der Waals surface area contributed by atoms with Gasteiger partial charge >= 0.3 is 12.3 Å². The number of hydrogen-bond donors (Lipinski definition) is 3. The van der Waals surface area contributed by atoms with Crippen LogP contribution < -0.4 is 5.32 Å². The van der Waals surface area contributed by atoms with Crippen LogP contribution in [0.2, 0.25) is 0 Å². The van der Waals surface area contributed by atoms with E-state index in [0.29, 0.717) is 22.3 Å². The SMILES string of the molecule is O=C(O)NCc1nn(-c2ccc(C(F)(F)F)cc2)c2ccc(O)cc12. The minimum atomic E-state index is -4.44. The summed E-state index contributed by atoms with van der Waals surface area (Å²) in [7, 11) is 0. The number of halogens is 3. The van der Waals surface area contributed by atoms with Crippen molar-refractivity contribution in [2.24, 2.45) is 0 Å². The number of rotatable bonds is 3. The lowest BCUT2D eigenvalue weighted by Crippen LogP contribution is -2.20. The number of aromatic nitrogens is 2. The van der Waals surface area contributed by atoms with Gasteiger partial charge < -0.3 is 15.5 Å². The van der Waals surface area contributed by atoms with Gasteiger partial charge in [-0.25, -0.2) is 9.48 Å². The molecule has 25 heavy (non-hydrogen) atoms. The number of carboxylic acid groups (broad SMARTS) is 1. The summed E-state index contributed by atoms with van der Waals surface area (Å²) in [6.45, 7) is -0.108. The van der Waals surface area contributed by atoms with Crippen molar-refractivity contribution in [2.45, 2.75) is 12.7 Å². The fourth-order valence-electron chi connectivity index (χ4n) is 2.45. The minimum Gasteiger partial charge on any atom is -0.508 e. The zero-order valence-corrected chi connectivity index (χ0v) is 12.6. The summed E-state index contributed by atoms with van der Waals surface area (Å²) in [5, 5.41) is 25.3. The van der Waals surface area contributed by atoms with E-state index < -0.39 is 17.8 Å². The first-order chi connectivity index (χ1) is 11.8. The van der Waals surface area contributed by atoms with Crippen molar-refractivity contribution in [3.63, 3.8) is 0 Å². The van der Waals surface area contributed by atoms with Crippen molar-refractivity contribution < 1.29 is 28.2 Å². The topological polar surface area (TPSA) is 87.4 Å². The van der Waals surface area contributed by atoms with Crippen molar-refractivity contribution in [1.29, 1.82) is 0 Å². The Morgan fingerprint density at radius 3 is 2.44 bits per heavy atom. The summed E-state index contributed by atoms with van der Waals surface area (Å²) in [4.78, 5) is 10.7. The van der Waals surface area contributed by atoms with Crippen LogP contribution in [0.5, 0.6) is 5.75 Å². The molecule has 6 nitrogen and oxygen atoms in total. The molecule has 2 aromatic carbocycles. The number of nitrogens with one attached hydrogen (secondary N) is 1. The number of fused-ring (bicyclic) bond motifs is 1. The molecular formula is C16H12F3N3O3. The van der Waals surface area contributed by atoms with E-state index in [-0.39, 0.29) is 12.3 Å². The Bertz CT molecular complexity index is 933. The summed E-state index contributed by atoms with van der Waals surface area (Å²) >= 11 is 0. The van der Waals surface area contributed by atoms with Crippen molar-refractivity contribution >= 4 is 17.0 Å². The third-order valence-corrected chi connectivity index (χ3v) is 3.59. The second-order valence-electron chi connectivity index (χ2n) is 5.26. The van der Waals surface area contributed by atoms with Crippen LogP contribution in [0.3, 0.4) is 0 Å². The van der Waals surface area contributed by atoms with Gasteiger partial charge in [-0.3, -0.25) is 0 Å². The van der Waals surface area contributed by atoms with E-state index in [1.807, 2.05) is 0 Å². The first-order valence-corrected chi connectivity index (χ1v) is 7.11. The highest BCUT2D eigenvalue weighted by Crippen LogP contribution is 2.31. The van der Waals surface area contributed by atoms with E-state index in [0.717, 1.165) is 12.1 Å². The molecule has 0 spiro atoms. The van der Waals surface area contributed by atoms with Gasteiger partial charge in [0.25, 0.3) is 0 Å². The molecule has 3 N–H and O–H groups in total. The van der Waals surface area contributed by atoms with E-state index in [1.54, 1.807) is 6.07 Å². The number of amides is 1. The molecular weight excluding hydrogens is 339 g/mol. The van der Waals surface area contributed by atoms with Crippen LogP contribution in [0.4, 0.5) is 18.0 Å². The van der Waals surface area contributed by atoms with E-state index in [9.17, 15) is 23.1 Å². The first kappa shape index (κ1) is 16.6. The first-order valence-electron chi connectivity index (χ1n) is 7.11. The predicted octanol–water partition coefficient (Wildman–Crippen LogP) is 3.52.